The third kappa shape index (κ3) is 25.0. The first-order chi connectivity index (χ1) is 67.2. The average Bonchev–Trinajstić information content (AvgIpc) is 1.60. The lowest BCUT2D eigenvalue weighted by Gasteiger charge is -2.41. The van der Waals surface area contributed by atoms with Crippen LogP contribution >= 0.6 is 69.1 Å². The van der Waals surface area contributed by atoms with Crippen molar-refractivity contribution in [3.05, 3.63) is 279 Å². The molecule has 0 aliphatic carbocycles. The highest BCUT2D eigenvalue weighted by Gasteiger charge is 2.40. The van der Waals surface area contributed by atoms with Gasteiger partial charge in [-0.2, -0.15) is 0 Å². The van der Waals surface area contributed by atoms with E-state index < -0.39 is 53.3 Å². The van der Waals surface area contributed by atoms with Gasteiger partial charge in [-0.1, -0.05) is 58.5 Å². The van der Waals surface area contributed by atoms with Crippen LogP contribution in [0.1, 0.15) is 55.3 Å². The number of rotatable bonds is 25. The molecule has 19 rings (SSSR count). The highest BCUT2D eigenvalue weighted by atomic mass is 35.5. The molecule has 1 unspecified atom stereocenters. The fourth-order valence-electron chi connectivity index (χ4n) is 16.1. The average molecular weight is 2110 g/mol. The first-order valence-corrected chi connectivity index (χ1v) is 52.3. The van der Waals surface area contributed by atoms with E-state index in [1.54, 1.807) is 181 Å². The molecular weight excluding hydrogens is 2000 g/mol. The number of aryl methyl sites for hydroxylation is 1. The maximum Gasteiger partial charge on any atom is 0.263 e. The van der Waals surface area contributed by atoms with E-state index in [-0.39, 0.29) is 120 Å². The minimum atomic E-state index is -3.80. The van der Waals surface area contributed by atoms with Crippen LogP contribution < -0.4 is 59.2 Å². The van der Waals surface area contributed by atoms with Crippen molar-refractivity contribution in [1.29, 1.82) is 0 Å². The van der Waals surface area contributed by atoms with Crippen LogP contribution in [0.25, 0.3) is 21.9 Å². The largest absolute Gasteiger partial charge is 0.768 e. The zero-order valence-electron chi connectivity index (χ0n) is 74.9. The number of amides is 5. The van der Waals surface area contributed by atoms with Gasteiger partial charge in [-0.05, 0) is 226 Å². The predicted octanol–water partition coefficient (Wildman–Crippen LogP) is 16.5. The minimum Gasteiger partial charge on any atom is -0.768 e. The van der Waals surface area contributed by atoms with Crippen molar-refractivity contribution in [3.63, 3.8) is 0 Å². The lowest BCUT2D eigenvalue weighted by atomic mass is 9.99. The maximum atomic E-state index is 14.0. The summed E-state index contributed by atoms with van der Waals surface area (Å²) >= 11 is 23.7. The molecule has 0 spiro atoms. The summed E-state index contributed by atoms with van der Waals surface area (Å²) in [5.74, 6) is 0.902. The molecule has 14 aromatic rings. The molecule has 46 heteroatoms. The third-order valence-electron chi connectivity index (χ3n) is 23.3. The van der Waals surface area contributed by atoms with Crippen molar-refractivity contribution in [1.82, 2.24) is 49.8 Å². The van der Waals surface area contributed by atoms with Crippen molar-refractivity contribution in [2.24, 2.45) is 5.92 Å². The number of methoxy groups -OCH3 is 1. The second-order valence-electron chi connectivity index (χ2n) is 32.3. The minimum absolute atomic E-state index is 0. The molecular formula is C94H107Cl4FN19O16S6-. The van der Waals surface area contributed by atoms with E-state index in [1.807, 2.05) is 41.3 Å². The van der Waals surface area contributed by atoms with Gasteiger partial charge in [-0.15, -0.1) is 32.9 Å². The number of halogens is 5. The molecule has 140 heavy (non-hydrogen) atoms. The summed E-state index contributed by atoms with van der Waals surface area (Å²) in [6.45, 7) is 9.78. The predicted molar refractivity (Wildman–Crippen MR) is 554 cm³/mol. The van der Waals surface area contributed by atoms with Gasteiger partial charge >= 0.3 is 0 Å². The number of piperazine rings is 2. The molecule has 746 valence electrons. The van der Waals surface area contributed by atoms with Gasteiger partial charge in [0, 0.05) is 186 Å². The number of nitrogens with two attached hydrogens (primary N) is 1. The highest BCUT2D eigenvalue weighted by Crippen LogP contribution is 2.38. The molecule has 35 nitrogen and oxygen atoms in total. The molecule has 4 atom stereocenters. The van der Waals surface area contributed by atoms with Gasteiger partial charge in [0.2, 0.25) is 23.6 Å². The van der Waals surface area contributed by atoms with E-state index in [9.17, 15) is 62.4 Å². The number of sulfonamides is 3. The summed E-state index contributed by atoms with van der Waals surface area (Å²) in [5, 5.41) is 16.9. The van der Waals surface area contributed by atoms with Gasteiger partial charge in [0.05, 0.1) is 45.0 Å². The number of furan rings is 1. The summed E-state index contributed by atoms with van der Waals surface area (Å²) in [4.78, 5) is 93.4. The monoisotopic (exact) mass is 2110 g/mol. The molecule has 8 aromatic carbocycles. The Bertz CT molecular complexity index is 7160. The van der Waals surface area contributed by atoms with Crippen molar-refractivity contribution in [2.45, 2.75) is 77.3 Å². The van der Waals surface area contributed by atoms with Crippen LogP contribution in [0.3, 0.4) is 0 Å². The summed E-state index contributed by atoms with van der Waals surface area (Å²) in [7, 11) is -9.62. The zero-order chi connectivity index (χ0) is 99.1. The van der Waals surface area contributed by atoms with Gasteiger partial charge in [0.25, 0.3) is 36.0 Å². The molecule has 6 N–H and O–H groups in total. The lowest BCUT2D eigenvalue weighted by molar-refractivity contribution is -0.142. The number of carbonyl (C=O) groups is 5. The van der Waals surface area contributed by atoms with Gasteiger partial charge in [-0.3, -0.25) is 42.3 Å². The molecule has 5 aliphatic heterocycles. The molecule has 0 bridgehead atoms. The van der Waals surface area contributed by atoms with E-state index in [2.05, 4.69) is 64.3 Å². The van der Waals surface area contributed by atoms with E-state index in [0.717, 1.165) is 77.6 Å². The topological polar surface area (TPSA) is 439 Å². The van der Waals surface area contributed by atoms with Crippen LogP contribution in [0.4, 0.5) is 54.7 Å². The number of nitrogen functional groups attached to an aromatic ring is 1. The fourth-order valence-corrected chi connectivity index (χ4v) is 21.6. The zero-order valence-corrected chi connectivity index (χ0v) is 82.8. The smallest absolute Gasteiger partial charge is 0.263 e. The Labute approximate surface area is 847 Å². The van der Waals surface area contributed by atoms with E-state index >= 15 is 0 Å². The molecule has 0 radical (unpaired) electrons. The van der Waals surface area contributed by atoms with Crippen molar-refractivity contribution >= 4 is 212 Å². The number of hydrogen-bond acceptors (Lipinski definition) is 28. The number of fused-ring (bicyclic) bond motifs is 3. The van der Waals surface area contributed by atoms with Crippen LogP contribution in [0, 0.1) is 11.7 Å². The number of ether oxygens (including phenoxy) is 2. The quantitative estimate of drug-likeness (QED) is 0.0332. The molecule has 4 saturated heterocycles. The first kappa shape index (κ1) is 101. The van der Waals surface area contributed by atoms with Crippen LogP contribution in [0.2, 0.25) is 20.2 Å². The van der Waals surface area contributed by atoms with Crippen LogP contribution in [0.5, 0.6) is 11.5 Å². The Balaban J connectivity index is 0.000000257. The number of hydrogen-bond donors (Lipinski definition) is 5. The number of aromatic nitrogens is 7. The molecule has 6 aromatic heterocycles. The maximum absolute atomic E-state index is 14.0. The lowest BCUT2D eigenvalue weighted by Crippen LogP contribution is -2.54. The normalized spacial score (nSPS) is 15.6. The Morgan fingerprint density at radius 1 is 0.657 bits per heavy atom. The summed E-state index contributed by atoms with van der Waals surface area (Å²) < 4.78 is 137. The summed E-state index contributed by atoms with van der Waals surface area (Å²) in [5.41, 5.74) is 12.8. The van der Waals surface area contributed by atoms with Crippen LogP contribution in [0.15, 0.2) is 266 Å². The number of benzene rings is 8. The molecule has 0 saturated carbocycles. The number of carbonyl (C=O) groups excluding carboxylic acids is 5. The van der Waals surface area contributed by atoms with Crippen molar-refractivity contribution in [3.8, 4) is 11.5 Å². The number of thiazole rings is 2. The van der Waals surface area contributed by atoms with Crippen molar-refractivity contribution < 1.29 is 87.7 Å². The number of nitrogens with one attached hydrogen (secondary N) is 4. The van der Waals surface area contributed by atoms with Gasteiger partial charge < -0.3 is 68.4 Å². The van der Waals surface area contributed by atoms with E-state index in [4.69, 9.17) is 66.0 Å². The van der Waals surface area contributed by atoms with Crippen LogP contribution in [-0.2, 0) is 78.0 Å². The second kappa shape index (κ2) is 45.4. The van der Waals surface area contributed by atoms with E-state index in [1.165, 1.54) is 93.2 Å². The Morgan fingerprint density at radius 3 is 1.89 bits per heavy atom. The first-order valence-electron chi connectivity index (χ1n) is 43.5. The Morgan fingerprint density at radius 2 is 1.29 bits per heavy atom. The van der Waals surface area contributed by atoms with Gasteiger partial charge in [0.15, 0.2) is 21.5 Å². The Kier molecular flexibility index (Phi) is 32.9. The molecule has 11 heterocycles. The highest BCUT2D eigenvalue weighted by molar-refractivity contribution is 7.93. The summed E-state index contributed by atoms with van der Waals surface area (Å²) in [6, 6.07) is 52.6. The molecule has 5 amide bonds. The number of anilines is 9. The van der Waals surface area contributed by atoms with Gasteiger partial charge in [-0.25, -0.2) is 49.6 Å². The SMILES string of the molecule is COc1ccc2c(CC(=O)N3CCN(c4ccc(S(=O)(=O)Nc5ccncn5)cc4)CC3)coc2c1.C[C@@H](C(=O)NCC1CN(c2ccc(S(=O)(=O)Nc3nccs3)cc2)C1)n1ccc2c(F)cccc21.C[C@@H](Oc1cccc(Cl)c1Cl)C(=O)N1CCN(c2ccc(S(=O)(=O)Nc3nccs3)cc2)C(=O)C1.Nc1ccc(Cl)nn1.O=C1[C@@H](N2CCCc3cc(Cl)ccc32)CCN1c1ccc(S(=O)[O-])cc1.[HH].[HH].[HH].[HH].[HH].[HH].[HH].[HH]. The number of nitrogens with zero attached hydrogens (tertiary/aromatic N) is 14. The Hall–Kier alpha value is -13.1. The molecule has 5 aliphatic rings. The van der Waals surface area contributed by atoms with Crippen LogP contribution in [-0.4, -0.2) is 206 Å². The fraction of sp³-hybridized carbons (Fsp3) is 0.245. The third-order valence-corrected chi connectivity index (χ3v) is 30.9. The summed E-state index contributed by atoms with van der Waals surface area (Å²) in [6.07, 6.45) is 11.3. The van der Waals surface area contributed by atoms with Crippen molar-refractivity contribution in [2.75, 3.05) is 130 Å². The van der Waals surface area contributed by atoms with E-state index in [0.29, 0.717) is 94.2 Å². The second-order valence-corrected chi connectivity index (χ2v) is 41.7. The standard InChI is InChI=1S/C25H25N5O5S.C24H24FN5O3S2.C22H20Cl2N4O5S2.C19H19ClN2O3S.C4H4ClN3.8H2/c1-34-20-4-7-22-18(16-35-23(22)15-20)14-25(31)30-12-10-29(11-13-30)19-2-5-21(6-3-19)36(32,33)28-24-8-9-26-17-27-24;1-16(30-11-9-20-21(25)3-2-4-22(20)30)23(31)27-13-17-14-29(15-17)18-5-7-19(8-6-18)35(32,33)28-24-26-10-12-34-24;1-14(33-18-4-2-3-17(23)20(18)24)21(30)27-10-11-28(19(29)13-27)15-5-7-16(8-6-15)35(31,32)26-22-25-9-12-34-22;20-14-3-8-17-13(12-14)2-1-10-22(17)18-9-11-21(19(18)23)15-4-6-16(7-5-15)26(24)25;5-3-1-2-4(6)8-7-3;;;;;;;;/h2-9,15-17H,10-14H2,1H3,(H,26,27,28);2-12,16-17H,13-15H2,1H3,(H,26,28)(H,27,31);2-9,12,14H,10-11,13H2,1H3,(H,25,26);3-8,12,18H,1-2,9-11H2,(H,24,25);1-2H,(H2,6,8);8*1H/p-1/t;16-;14-;18-;;;;;;;;;/m.010........./s1. The van der Waals surface area contributed by atoms with Gasteiger partial charge in [0.1, 0.15) is 64.5 Å². The molecule has 4 fully saturated rings.